The van der Waals surface area contributed by atoms with Crippen LogP contribution in [-0.2, 0) is 22.4 Å². The van der Waals surface area contributed by atoms with Crippen molar-refractivity contribution in [2.75, 3.05) is 10.6 Å². The van der Waals surface area contributed by atoms with E-state index in [0.29, 0.717) is 24.4 Å². The number of para-hydroxylation sites is 1. The number of carbonyl (C=O) groups excluding carboxylic acids is 2. The smallest absolute Gasteiger partial charge is 0.227 e. The molecule has 0 fully saturated rings. The van der Waals surface area contributed by atoms with Crippen molar-refractivity contribution in [3.05, 3.63) is 75.8 Å². The molecule has 7 heteroatoms. The van der Waals surface area contributed by atoms with Crippen LogP contribution in [0, 0.1) is 5.92 Å². The third-order valence-electron chi connectivity index (χ3n) is 4.95. The highest BCUT2D eigenvalue weighted by Gasteiger charge is 2.26. The zero-order valence-corrected chi connectivity index (χ0v) is 17.2. The molecule has 0 bridgehead atoms. The number of hydrogen-bond acceptors (Lipinski definition) is 4. The van der Waals surface area contributed by atoms with Crippen LogP contribution < -0.4 is 10.6 Å². The minimum Gasteiger partial charge on any atom is -0.326 e. The summed E-state index contributed by atoms with van der Waals surface area (Å²) in [5.74, 6) is -0.342. The van der Waals surface area contributed by atoms with Gasteiger partial charge in [-0.25, -0.2) is 4.98 Å². The third-order valence-corrected chi connectivity index (χ3v) is 6.24. The Hall–Kier alpha value is -2.70. The number of benzene rings is 2. The van der Waals surface area contributed by atoms with Crippen molar-refractivity contribution in [2.45, 2.75) is 25.7 Å². The van der Waals surface area contributed by atoms with Crippen LogP contribution in [0.2, 0.25) is 5.02 Å². The Morgan fingerprint density at radius 3 is 2.86 bits per heavy atom. The van der Waals surface area contributed by atoms with Crippen LogP contribution in [0.4, 0.5) is 10.8 Å². The van der Waals surface area contributed by atoms with Gasteiger partial charge in [-0.15, -0.1) is 11.3 Å². The molecule has 4 rings (SSSR count). The summed E-state index contributed by atoms with van der Waals surface area (Å²) in [7, 11) is 0. The minimum absolute atomic E-state index is 0.0206. The molecular formula is C22H20ClN3O2S. The number of aromatic nitrogens is 1. The molecule has 0 spiro atoms. The zero-order valence-electron chi connectivity index (χ0n) is 15.7. The molecule has 2 amide bonds. The fraction of sp³-hybridized carbons (Fsp3) is 0.227. The molecule has 2 aromatic carbocycles. The molecule has 0 aliphatic carbocycles. The number of nitrogens with zero attached hydrogens (tertiary/aromatic N) is 1. The van der Waals surface area contributed by atoms with E-state index in [0.717, 1.165) is 26.7 Å². The molecule has 2 heterocycles. The van der Waals surface area contributed by atoms with E-state index in [1.807, 2.05) is 48.5 Å². The van der Waals surface area contributed by atoms with Crippen molar-refractivity contribution >= 4 is 45.6 Å². The van der Waals surface area contributed by atoms with Crippen LogP contribution in [0.5, 0.6) is 0 Å². The number of amides is 2. The van der Waals surface area contributed by atoms with Crippen molar-refractivity contribution in [3.8, 4) is 0 Å². The maximum absolute atomic E-state index is 12.3. The van der Waals surface area contributed by atoms with Crippen LogP contribution in [-0.4, -0.2) is 16.8 Å². The predicted molar refractivity (Wildman–Crippen MR) is 117 cm³/mol. The SMILES string of the molecule is O=C(CCC1Cc2ccccc2NC1=O)Nc1ncc(Cc2ccccc2Cl)s1. The lowest BCUT2D eigenvalue weighted by Crippen LogP contribution is -2.30. The second kappa shape index (κ2) is 8.76. The molecule has 2 N–H and O–H groups in total. The van der Waals surface area contributed by atoms with Crippen LogP contribution in [0.25, 0.3) is 0 Å². The number of anilines is 2. The van der Waals surface area contributed by atoms with Crippen molar-refractivity contribution in [2.24, 2.45) is 5.92 Å². The number of fused-ring (bicyclic) bond motifs is 1. The molecule has 1 aliphatic heterocycles. The third kappa shape index (κ3) is 4.83. The topological polar surface area (TPSA) is 71.1 Å². The van der Waals surface area contributed by atoms with Crippen molar-refractivity contribution in [3.63, 3.8) is 0 Å². The highest BCUT2D eigenvalue weighted by molar-refractivity contribution is 7.15. The van der Waals surface area contributed by atoms with Gasteiger partial charge in [0.2, 0.25) is 11.8 Å². The highest BCUT2D eigenvalue weighted by Crippen LogP contribution is 2.28. The average Bonchev–Trinajstić information content (AvgIpc) is 3.15. The summed E-state index contributed by atoms with van der Waals surface area (Å²) in [5, 5.41) is 7.05. The molecule has 0 saturated heterocycles. The van der Waals surface area contributed by atoms with Crippen molar-refractivity contribution < 1.29 is 9.59 Å². The van der Waals surface area contributed by atoms with Crippen molar-refractivity contribution in [1.82, 2.24) is 4.98 Å². The van der Waals surface area contributed by atoms with Gasteiger partial charge in [0.05, 0.1) is 0 Å². The normalized spacial score (nSPS) is 15.5. The molecule has 29 heavy (non-hydrogen) atoms. The van der Waals surface area contributed by atoms with Gasteiger partial charge in [0.1, 0.15) is 0 Å². The van der Waals surface area contributed by atoms with E-state index in [-0.39, 0.29) is 24.2 Å². The van der Waals surface area contributed by atoms with Crippen molar-refractivity contribution in [1.29, 1.82) is 0 Å². The Labute approximate surface area is 178 Å². The van der Waals surface area contributed by atoms with E-state index in [1.54, 1.807) is 6.20 Å². The van der Waals surface area contributed by atoms with E-state index in [9.17, 15) is 9.59 Å². The van der Waals surface area contributed by atoms with E-state index < -0.39 is 0 Å². The molecule has 148 valence electrons. The summed E-state index contributed by atoms with van der Waals surface area (Å²) in [6, 6.07) is 15.5. The summed E-state index contributed by atoms with van der Waals surface area (Å²) < 4.78 is 0. The summed E-state index contributed by atoms with van der Waals surface area (Å²) in [6.07, 6.45) is 3.88. The number of halogens is 1. The van der Waals surface area contributed by atoms with Crippen LogP contribution in [0.15, 0.2) is 54.7 Å². The van der Waals surface area contributed by atoms with Crippen LogP contribution in [0.1, 0.15) is 28.8 Å². The minimum atomic E-state index is -0.192. The lowest BCUT2D eigenvalue weighted by molar-refractivity contribution is -0.121. The molecule has 1 aliphatic rings. The van der Waals surface area contributed by atoms with Gasteiger partial charge in [-0.05, 0) is 36.1 Å². The highest BCUT2D eigenvalue weighted by atomic mass is 35.5. The van der Waals surface area contributed by atoms with Gasteiger partial charge in [-0.3, -0.25) is 9.59 Å². The Bertz CT molecular complexity index is 1050. The second-order valence-electron chi connectivity index (χ2n) is 7.03. The second-order valence-corrected chi connectivity index (χ2v) is 8.56. The molecule has 5 nitrogen and oxygen atoms in total. The molecule has 1 atom stereocenters. The molecule has 1 unspecified atom stereocenters. The lowest BCUT2D eigenvalue weighted by atomic mass is 9.89. The van der Waals surface area contributed by atoms with E-state index in [1.165, 1.54) is 11.3 Å². The number of nitrogens with one attached hydrogen (secondary N) is 2. The van der Waals surface area contributed by atoms with Gasteiger partial charge in [0.15, 0.2) is 5.13 Å². The number of rotatable bonds is 6. The van der Waals surface area contributed by atoms with Crippen LogP contribution in [0.3, 0.4) is 0 Å². The maximum atomic E-state index is 12.3. The number of thiazole rings is 1. The summed E-state index contributed by atoms with van der Waals surface area (Å²) in [5.41, 5.74) is 3.01. The monoisotopic (exact) mass is 425 g/mol. The van der Waals surface area contributed by atoms with E-state index in [2.05, 4.69) is 15.6 Å². The standard InChI is InChI=1S/C22H20ClN3O2S/c23-18-7-3-1-5-14(18)12-17-13-24-22(29-17)26-20(27)10-9-16-11-15-6-2-4-8-19(15)25-21(16)28/h1-8,13,16H,9-12H2,(H,25,28)(H,24,26,27). The first-order valence-electron chi connectivity index (χ1n) is 9.45. The van der Waals surface area contributed by atoms with Gasteiger partial charge in [0, 0.05) is 40.5 Å². The first-order valence-corrected chi connectivity index (χ1v) is 10.6. The quantitative estimate of drug-likeness (QED) is 0.589. The van der Waals surface area contributed by atoms with Gasteiger partial charge in [-0.1, -0.05) is 48.0 Å². The van der Waals surface area contributed by atoms with E-state index in [4.69, 9.17) is 11.6 Å². The van der Waals surface area contributed by atoms with Gasteiger partial charge in [-0.2, -0.15) is 0 Å². The molecular weight excluding hydrogens is 406 g/mol. The average molecular weight is 426 g/mol. The summed E-state index contributed by atoms with van der Waals surface area (Å²) in [4.78, 5) is 29.9. The Morgan fingerprint density at radius 1 is 1.21 bits per heavy atom. The predicted octanol–water partition coefficient (Wildman–Crippen LogP) is 4.92. The maximum Gasteiger partial charge on any atom is 0.227 e. The Balaban J connectivity index is 1.30. The summed E-state index contributed by atoms with van der Waals surface area (Å²) >= 11 is 7.64. The molecule has 3 aromatic rings. The van der Waals surface area contributed by atoms with Gasteiger partial charge >= 0.3 is 0 Å². The first kappa shape index (κ1) is 19.6. The summed E-state index contributed by atoms with van der Waals surface area (Å²) in [6.45, 7) is 0. The fourth-order valence-electron chi connectivity index (χ4n) is 3.41. The van der Waals surface area contributed by atoms with Gasteiger partial charge < -0.3 is 10.6 Å². The molecule has 0 radical (unpaired) electrons. The van der Waals surface area contributed by atoms with E-state index >= 15 is 0 Å². The zero-order chi connectivity index (χ0) is 20.2. The fourth-order valence-corrected chi connectivity index (χ4v) is 4.46. The first-order chi connectivity index (χ1) is 14.1. The Morgan fingerprint density at radius 2 is 2.00 bits per heavy atom. The largest absolute Gasteiger partial charge is 0.326 e. The molecule has 1 aromatic heterocycles. The van der Waals surface area contributed by atoms with Crippen LogP contribution >= 0.6 is 22.9 Å². The lowest BCUT2D eigenvalue weighted by Gasteiger charge is -2.24. The molecule has 0 saturated carbocycles. The number of carbonyl (C=O) groups is 2. The number of hydrogen-bond donors (Lipinski definition) is 2. The van der Waals surface area contributed by atoms with Gasteiger partial charge in [0.25, 0.3) is 0 Å². The Kier molecular flexibility index (Phi) is 5.92.